The van der Waals surface area contributed by atoms with Gasteiger partial charge in [0.1, 0.15) is 17.2 Å². The SMILES string of the molecule is O=C(c1cc(Cl)c2nc3ccccn3c(=O)c2c1)c1cc(F)ccc1O. The zero-order valence-corrected chi connectivity index (χ0v) is 13.9. The molecule has 1 N–H and O–H groups in total. The van der Waals surface area contributed by atoms with E-state index in [2.05, 4.69) is 4.98 Å². The van der Waals surface area contributed by atoms with Crippen molar-refractivity contribution in [3.8, 4) is 5.75 Å². The van der Waals surface area contributed by atoms with Crippen molar-refractivity contribution in [2.75, 3.05) is 0 Å². The summed E-state index contributed by atoms with van der Waals surface area (Å²) in [5, 5.41) is 10.1. The predicted octanol–water partition coefficient (Wildman–Crippen LogP) is 3.58. The summed E-state index contributed by atoms with van der Waals surface area (Å²) >= 11 is 6.24. The molecule has 0 amide bonds. The van der Waals surface area contributed by atoms with Crippen LogP contribution < -0.4 is 5.56 Å². The maximum Gasteiger partial charge on any atom is 0.265 e. The molecule has 0 atom stereocenters. The molecule has 128 valence electrons. The van der Waals surface area contributed by atoms with E-state index in [4.69, 9.17) is 11.6 Å². The molecule has 0 saturated carbocycles. The molecule has 0 bridgehead atoms. The van der Waals surface area contributed by atoms with Crippen LogP contribution in [0.1, 0.15) is 15.9 Å². The second kappa shape index (κ2) is 5.93. The Morgan fingerprint density at radius 3 is 2.77 bits per heavy atom. The van der Waals surface area contributed by atoms with E-state index in [0.29, 0.717) is 5.65 Å². The van der Waals surface area contributed by atoms with Crippen LogP contribution in [0.15, 0.2) is 59.5 Å². The average Bonchev–Trinajstić information content (AvgIpc) is 2.64. The molecule has 0 unspecified atom stereocenters. The van der Waals surface area contributed by atoms with Gasteiger partial charge >= 0.3 is 0 Å². The quantitative estimate of drug-likeness (QED) is 0.433. The average molecular weight is 369 g/mol. The van der Waals surface area contributed by atoms with Crippen molar-refractivity contribution in [2.45, 2.75) is 0 Å². The number of aromatic nitrogens is 2. The van der Waals surface area contributed by atoms with E-state index in [1.807, 2.05) is 0 Å². The van der Waals surface area contributed by atoms with Gasteiger partial charge in [-0.1, -0.05) is 17.7 Å². The molecule has 0 saturated heterocycles. The van der Waals surface area contributed by atoms with Gasteiger partial charge in [0, 0.05) is 11.8 Å². The van der Waals surface area contributed by atoms with Crippen molar-refractivity contribution in [1.29, 1.82) is 0 Å². The fourth-order valence-corrected chi connectivity index (χ4v) is 3.06. The van der Waals surface area contributed by atoms with Gasteiger partial charge < -0.3 is 5.11 Å². The van der Waals surface area contributed by atoms with Crippen LogP contribution in [0.3, 0.4) is 0 Å². The van der Waals surface area contributed by atoms with Crippen LogP contribution in [0.5, 0.6) is 5.75 Å². The monoisotopic (exact) mass is 368 g/mol. The smallest absolute Gasteiger partial charge is 0.265 e. The minimum Gasteiger partial charge on any atom is -0.507 e. The lowest BCUT2D eigenvalue weighted by Crippen LogP contribution is -2.16. The van der Waals surface area contributed by atoms with Crippen LogP contribution in [0.2, 0.25) is 5.02 Å². The van der Waals surface area contributed by atoms with Gasteiger partial charge in [0.2, 0.25) is 0 Å². The molecule has 2 aromatic heterocycles. The van der Waals surface area contributed by atoms with Crippen LogP contribution in [-0.2, 0) is 0 Å². The van der Waals surface area contributed by atoms with Crippen LogP contribution in [0, 0.1) is 5.82 Å². The van der Waals surface area contributed by atoms with Gasteiger partial charge in [0.05, 0.1) is 21.5 Å². The molecule has 4 rings (SSSR count). The summed E-state index contributed by atoms with van der Waals surface area (Å²) in [6, 6.07) is 10.9. The van der Waals surface area contributed by atoms with Crippen molar-refractivity contribution in [2.24, 2.45) is 0 Å². The number of pyridine rings is 1. The first-order valence-corrected chi connectivity index (χ1v) is 7.97. The standard InChI is InChI=1S/C19H10ClFN2O3/c20-14-8-10(18(25)12-9-11(21)4-5-15(12)24)7-13-17(14)22-16-3-1-2-6-23(16)19(13)26/h1-9,24H. The van der Waals surface area contributed by atoms with Gasteiger partial charge in [-0.2, -0.15) is 0 Å². The van der Waals surface area contributed by atoms with E-state index in [0.717, 1.165) is 18.2 Å². The first-order valence-electron chi connectivity index (χ1n) is 7.59. The van der Waals surface area contributed by atoms with E-state index >= 15 is 0 Å². The molecular formula is C19H10ClFN2O3. The summed E-state index contributed by atoms with van der Waals surface area (Å²) in [5.74, 6) is -1.67. The molecule has 0 fully saturated rings. The summed E-state index contributed by atoms with van der Waals surface area (Å²) < 4.78 is 14.8. The normalized spacial score (nSPS) is 11.2. The number of halogens is 2. The van der Waals surface area contributed by atoms with Gasteiger partial charge in [-0.25, -0.2) is 9.37 Å². The molecule has 4 aromatic rings. The lowest BCUT2D eigenvalue weighted by molar-refractivity contribution is 0.103. The molecule has 0 aliphatic carbocycles. The molecule has 5 nitrogen and oxygen atoms in total. The van der Waals surface area contributed by atoms with Crippen LogP contribution in [0.4, 0.5) is 4.39 Å². The third kappa shape index (κ3) is 2.51. The number of carbonyl (C=O) groups excluding carboxylic acids is 1. The summed E-state index contributed by atoms with van der Waals surface area (Å²) in [5.41, 5.74) is 0.148. The van der Waals surface area contributed by atoms with Crippen LogP contribution in [-0.4, -0.2) is 20.3 Å². The molecule has 0 aliphatic heterocycles. The number of aromatic hydroxyl groups is 1. The molecular weight excluding hydrogens is 359 g/mol. The van der Waals surface area contributed by atoms with Gasteiger partial charge in [-0.15, -0.1) is 0 Å². The van der Waals surface area contributed by atoms with Crippen molar-refractivity contribution in [1.82, 2.24) is 9.38 Å². The Bertz CT molecular complexity index is 1270. The number of hydrogen-bond donors (Lipinski definition) is 1. The van der Waals surface area contributed by atoms with Crippen LogP contribution >= 0.6 is 11.6 Å². The number of phenolic OH excluding ortho intramolecular Hbond substituents is 1. The second-order valence-electron chi connectivity index (χ2n) is 5.69. The first kappa shape index (κ1) is 16.2. The van der Waals surface area contributed by atoms with E-state index in [-0.39, 0.29) is 38.4 Å². The minimum absolute atomic E-state index is 0.0539. The number of rotatable bonds is 2. The third-order valence-electron chi connectivity index (χ3n) is 4.04. The fraction of sp³-hybridized carbons (Fsp3) is 0. The molecule has 26 heavy (non-hydrogen) atoms. The maximum atomic E-state index is 13.4. The largest absolute Gasteiger partial charge is 0.507 e. The van der Waals surface area contributed by atoms with Crippen molar-refractivity contribution >= 4 is 33.9 Å². The summed E-state index contributed by atoms with van der Waals surface area (Å²) in [6.45, 7) is 0. The first-order chi connectivity index (χ1) is 12.5. The number of nitrogens with zero attached hydrogens (tertiary/aromatic N) is 2. The minimum atomic E-state index is -0.661. The fourth-order valence-electron chi connectivity index (χ4n) is 2.79. The van der Waals surface area contributed by atoms with Crippen molar-refractivity contribution in [3.63, 3.8) is 0 Å². The number of fused-ring (bicyclic) bond motifs is 2. The molecule has 0 radical (unpaired) electrons. The van der Waals surface area contributed by atoms with E-state index in [9.17, 15) is 19.1 Å². The van der Waals surface area contributed by atoms with Gasteiger partial charge in [-0.3, -0.25) is 14.0 Å². The molecule has 2 aromatic carbocycles. The number of ketones is 1. The number of phenols is 1. The Kier molecular flexibility index (Phi) is 3.70. The van der Waals surface area contributed by atoms with E-state index < -0.39 is 11.6 Å². The summed E-state index contributed by atoms with van der Waals surface area (Å²) in [6.07, 6.45) is 1.56. The van der Waals surface area contributed by atoms with E-state index in [1.54, 1.807) is 24.4 Å². The zero-order valence-electron chi connectivity index (χ0n) is 13.1. The highest BCUT2D eigenvalue weighted by atomic mass is 35.5. The molecule has 2 heterocycles. The lowest BCUT2D eigenvalue weighted by atomic mass is 10.0. The molecule has 7 heteroatoms. The van der Waals surface area contributed by atoms with E-state index in [1.165, 1.54) is 16.5 Å². The van der Waals surface area contributed by atoms with Crippen molar-refractivity contribution in [3.05, 3.63) is 87.0 Å². The summed E-state index contributed by atoms with van der Waals surface area (Å²) in [7, 11) is 0. The lowest BCUT2D eigenvalue weighted by Gasteiger charge is -2.08. The maximum absolute atomic E-state index is 13.4. The number of carbonyl (C=O) groups is 1. The summed E-state index contributed by atoms with van der Waals surface area (Å²) in [4.78, 5) is 29.7. The molecule has 0 spiro atoms. The Morgan fingerprint density at radius 1 is 1.15 bits per heavy atom. The second-order valence-corrected chi connectivity index (χ2v) is 6.10. The highest BCUT2D eigenvalue weighted by Crippen LogP contribution is 2.27. The predicted molar refractivity (Wildman–Crippen MR) is 95.5 cm³/mol. The number of benzene rings is 2. The van der Waals surface area contributed by atoms with Gasteiger partial charge in [0.15, 0.2) is 5.78 Å². The Morgan fingerprint density at radius 2 is 1.96 bits per heavy atom. The molecule has 0 aliphatic rings. The zero-order chi connectivity index (χ0) is 18.4. The Hall–Kier alpha value is -3.25. The van der Waals surface area contributed by atoms with Crippen LogP contribution in [0.25, 0.3) is 16.6 Å². The van der Waals surface area contributed by atoms with Crippen molar-refractivity contribution < 1.29 is 14.3 Å². The van der Waals surface area contributed by atoms with Gasteiger partial charge in [-0.05, 0) is 42.5 Å². The highest BCUT2D eigenvalue weighted by molar-refractivity contribution is 6.35. The Labute approximate surface area is 150 Å². The van der Waals surface area contributed by atoms with Gasteiger partial charge in [0.25, 0.3) is 5.56 Å². The topological polar surface area (TPSA) is 71.7 Å². The number of hydrogen-bond acceptors (Lipinski definition) is 4. The Balaban J connectivity index is 1.99. The highest BCUT2D eigenvalue weighted by Gasteiger charge is 2.18. The third-order valence-corrected chi connectivity index (χ3v) is 4.33.